The first kappa shape index (κ1) is 26.8. The number of aryl methyl sites for hydroxylation is 1. The molecule has 3 aromatic rings. The lowest BCUT2D eigenvalue weighted by Crippen LogP contribution is -1.91. The Morgan fingerprint density at radius 3 is 2.23 bits per heavy atom. The van der Waals surface area contributed by atoms with Crippen LogP contribution in [-0.2, 0) is 6.42 Å². The van der Waals surface area contributed by atoms with Gasteiger partial charge in [-0.15, -0.1) is 0 Å². The average molecular weight is 444 g/mol. The fourth-order valence-electron chi connectivity index (χ4n) is 3.02. The molecular formula is C26H38FN3S. The van der Waals surface area contributed by atoms with Crippen LogP contribution >= 0.6 is 11.3 Å². The smallest absolute Gasteiger partial charge is 0.206 e. The van der Waals surface area contributed by atoms with Gasteiger partial charge in [0.1, 0.15) is 5.69 Å². The molecule has 0 saturated heterocycles. The average Bonchev–Trinajstić information content (AvgIpc) is 3.20. The van der Waals surface area contributed by atoms with Crippen LogP contribution in [0, 0.1) is 5.13 Å². The number of nitrogens with one attached hydrogen (secondary N) is 1. The van der Waals surface area contributed by atoms with Crippen molar-refractivity contribution in [2.45, 2.75) is 79.6 Å². The predicted molar refractivity (Wildman–Crippen MR) is 135 cm³/mol. The van der Waals surface area contributed by atoms with Gasteiger partial charge >= 0.3 is 0 Å². The second kappa shape index (κ2) is 16.4. The van der Waals surface area contributed by atoms with Crippen LogP contribution in [0.1, 0.15) is 78.7 Å². The first-order valence-electron chi connectivity index (χ1n) is 11.7. The van der Waals surface area contributed by atoms with Crippen LogP contribution in [0.5, 0.6) is 0 Å². The molecule has 3 nitrogen and oxygen atoms in total. The number of rotatable bonds is 10. The fraction of sp³-hybridized carbons (Fsp3) is 0.462. The molecule has 0 bridgehead atoms. The molecule has 0 spiro atoms. The van der Waals surface area contributed by atoms with E-state index in [9.17, 15) is 4.39 Å². The van der Waals surface area contributed by atoms with Gasteiger partial charge in [0.2, 0.25) is 5.13 Å². The van der Waals surface area contributed by atoms with E-state index < -0.39 is 0 Å². The second-order valence-electron chi connectivity index (χ2n) is 6.72. The SMILES string of the molecule is CC.CC.CCCCCCCCc1ccc(Nc2nc(-c3cccnc3)c(F)s2)cc1. The van der Waals surface area contributed by atoms with Crippen LogP contribution in [0.25, 0.3) is 11.3 Å². The topological polar surface area (TPSA) is 37.8 Å². The monoisotopic (exact) mass is 443 g/mol. The fourth-order valence-corrected chi connectivity index (χ4v) is 3.76. The van der Waals surface area contributed by atoms with Gasteiger partial charge < -0.3 is 5.32 Å². The molecule has 1 aromatic carbocycles. The Balaban J connectivity index is 0.00000113. The third-order valence-electron chi connectivity index (χ3n) is 4.54. The van der Waals surface area contributed by atoms with Crippen molar-refractivity contribution in [3.63, 3.8) is 0 Å². The maximum Gasteiger partial charge on any atom is 0.206 e. The molecule has 0 saturated carbocycles. The normalized spacial score (nSPS) is 9.87. The zero-order valence-electron chi connectivity index (χ0n) is 19.7. The minimum atomic E-state index is -0.301. The molecule has 2 aromatic heterocycles. The van der Waals surface area contributed by atoms with E-state index in [0.717, 1.165) is 23.4 Å². The van der Waals surface area contributed by atoms with Crippen molar-refractivity contribution in [2.24, 2.45) is 0 Å². The number of benzene rings is 1. The summed E-state index contributed by atoms with van der Waals surface area (Å²) in [5.41, 5.74) is 3.30. The minimum Gasteiger partial charge on any atom is -0.331 e. The summed E-state index contributed by atoms with van der Waals surface area (Å²) < 4.78 is 14.2. The summed E-state index contributed by atoms with van der Waals surface area (Å²) in [6, 6.07) is 11.9. The number of hydrogen-bond acceptors (Lipinski definition) is 4. The van der Waals surface area contributed by atoms with E-state index in [-0.39, 0.29) is 5.13 Å². The molecule has 0 amide bonds. The summed E-state index contributed by atoms with van der Waals surface area (Å²) in [5.74, 6) is 0. The third kappa shape index (κ3) is 9.60. The molecule has 0 aliphatic heterocycles. The molecule has 0 fully saturated rings. The van der Waals surface area contributed by atoms with Crippen molar-refractivity contribution in [1.82, 2.24) is 9.97 Å². The lowest BCUT2D eigenvalue weighted by molar-refractivity contribution is 0.607. The van der Waals surface area contributed by atoms with E-state index >= 15 is 0 Å². The Morgan fingerprint density at radius 1 is 0.903 bits per heavy atom. The molecule has 170 valence electrons. The van der Waals surface area contributed by atoms with Crippen LogP contribution in [-0.4, -0.2) is 9.97 Å². The number of unbranched alkanes of at least 4 members (excludes halogenated alkanes) is 5. The predicted octanol–water partition coefficient (Wildman–Crippen LogP) is 9.04. The third-order valence-corrected chi connectivity index (χ3v) is 5.30. The molecule has 2 heterocycles. The van der Waals surface area contributed by atoms with Gasteiger partial charge in [0.15, 0.2) is 5.13 Å². The number of halogens is 1. The van der Waals surface area contributed by atoms with Crippen molar-refractivity contribution in [2.75, 3.05) is 5.32 Å². The van der Waals surface area contributed by atoms with Crippen LogP contribution in [0.3, 0.4) is 0 Å². The van der Waals surface area contributed by atoms with E-state index in [1.165, 1.54) is 44.1 Å². The van der Waals surface area contributed by atoms with Gasteiger partial charge in [-0.3, -0.25) is 4.98 Å². The first-order chi connectivity index (χ1) is 15.3. The number of hydrogen-bond donors (Lipinski definition) is 1. The van der Waals surface area contributed by atoms with E-state index in [1.54, 1.807) is 18.5 Å². The van der Waals surface area contributed by atoms with Gasteiger partial charge in [-0.1, -0.05) is 90.2 Å². The van der Waals surface area contributed by atoms with Gasteiger partial charge in [0.05, 0.1) is 0 Å². The minimum absolute atomic E-state index is 0.301. The lowest BCUT2D eigenvalue weighted by Gasteiger charge is -2.05. The Morgan fingerprint density at radius 2 is 1.58 bits per heavy atom. The zero-order chi connectivity index (χ0) is 22.9. The number of pyridine rings is 1. The van der Waals surface area contributed by atoms with Crippen molar-refractivity contribution in [3.8, 4) is 11.3 Å². The van der Waals surface area contributed by atoms with Gasteiger partial charge in [0, 0.05) is 23.6 Å². The highest BCUT2D eigenvalue weighted by Crippen LogP contribution is 2.30. The highest BCUT2D eigenvalue weighted by Gasteiger charge is 2.13. The number of aromatic nitrogens is 2. The van der Waals surface area contributed by atoms with Crippen molar-refractivity contribution < 1.29 is 4.39 Å². The Labute approximate surface area is 192 Å². The molecule has 5 heteroatoms. The Hall–Kier alpha value is -2.27. The standard InChI is InChI=1S/C22H26FN3S.2C2H6/c1-2-3-4-5-6-7-9-17-11-13-19(14-12-17)25-22-26-20(21(23)27-22)18-10-8-15-24-16-18;2*1-2/h8,10-16H,2-7,9H2,1H3,(H,25,26);2*1-2H3. The largest absolute Gasteiger partial charge is 0.331 e. The van der Waals surface area contributed by atoms with E-state index in [2.05, 4.69) is 34.3 Å². The molecule has 0 aliphatic rings. The van der Waals surface area contributed by atoms with Crippen molar-refractivity contribution >= 4 is 22.2 Å². The maximum atomic E-state index is 14.2. The van der Waals surface area contributed by atoms with E-state index in [1.807, 2.05) is 45.9 Å². The summed E-state index contributed by atoms with van der Waals surface area (Å²) in [7, 11) is 0. The molecule has 0 aliphatic carbocycles. The van der Waals surface area contributed by atoms with Gasteiger partial charge in [-0.25, -0.2) is 4.98 Å². The molecule has 0 radical (unpaired) electrons. The molecule has 1 N–H and O–H groups in total. The number of thiazole rings is 1. The summed E-state index contributed by atoms with van der Waals surface area (Å²) >= 11 is 1.01. The van der Waals surface area contributed by atoms with Gasteiger partial charge in [0.25, 0.3) is 0 Å². The quantitative estimate of drug-likeness (QED) is 0.318. The molecule has 31 heavy (non-hydrogen) atoms. The lowest BCUT2D eigenvalue weighted by atomic mass is 10.0. The van der Waals surface area contributed by atoms with Crippen molar-refractivity contribution in [1.29, 1.82) is 0 Å². The highest BCUT2D eigenvalue weighted by atomic mass is 32.1. The highest BCUT2D eigenvalue weighted by molar-refractivity contribution is 7.14. The first-order valence-corrected chi connectivity index (χ1v) is 12.5. The molecular weight excluding hydrogens is 405 g/mol. The van der Waals surface area contributed by atoms with Crippen LogP contribution < -0.4 is 5.32 Å². The number of anilines is 2. The van der Waals surface area contributed by atoms with Gasteiger partial charge in [-0.05, 0) is 42.7 Å². The second-order valence-corrected chi connectivity index (χ2v) is 7.67. The Kier molecular flexibility index (Phi) is 14.2. The number of nitrogens with zero attached hydrogens (tertiary/aromatic N) is 2. The van der Waals surface area contributed by atoms with Crippen LogP contribution in [0.15, 0.2) is 48.8 Å². The molecule has 0 atom stereocenters. The zero-order valence-corrected chi connectivity index (χ0v) is 20.6. The molecule has 0 unspecified atom stereocenters. The van der Waals surface area contributed by atoms with E-state index in [4.69, 9.17) is 0 Å². The molecule has 3 rings (SSSR count). The summed E-state index contributed by atoms with van der Waals surface area (Å²) in [6.07, 6.45) is 12.3. The maximum absolute atomic E-state index is 14.2. The summed E-state index contributed by atoms with van der Waals surface area (Å²) in [5, 5.41) is 3.45. The summed E-state index contributed by atoms with van der Waals surface area (Å²) in [6.45, 7) is 10.2. The summed E-state index contributed by atoms with van der Waals surface area (Å²) in [4.78, 5) is 8.40. The van der Waals surface area contributed by atoms with Crippen LogP contribution in [0.4, 0.5) is 15.2 Å². The van der Waals surface area contributed by atoms with Crippen molar-refractivity contribution in [3.05, 3.63) is 59.5 Å². The van der Waals surface area contributed by atoms with Gasteiger partial charge in [-0.2, -0.15) is 4.39 Å². The Bertz CT molecular complexity index is 816. The van der Waals surface area contributed by atoms with E-state index in [0.29, 0.717) is 16.4 Å². The van der Waals surface area contributed by atoms with Crippen LogP contribution in [0.2, 0.25) is 0 Å².